The van der Waals surface area contributed by atoms with Crippen LogP contribution in [0.2, 0.25) is 0 Å². The predicted molar refractivity (Wildman–Crippen MR) is 94.3 cm³/mol. The summed E-state index contributed by atoms with van der Waals surface area (Å²) < 4.78 is 1.82. The number of aromatic nitrogens is 3. The van der Waals surface area contributed by atoms with Crippen molar-refractivity contribution in [1.82, 2.24) is 14.5 Å². The molecule has 25 heavy (non-hydrogen) atoms. The topological polar surface area (TPSA) is 76.9 Å². The minimum absolute atomic E-state index is 0.102. The van der Waals surface area contributed by atoms with Gasteiger partial charge in [-0.1, -0.05) is 18.2 Å². The summed E-state index contributed by atoms with van der Waals surface area (Å²) in [5.74, 6) is 0.0734. The third kappa shape index (κ3) is 4.17. The van der Waals surface area contributed by atoms with Gasteiger partial charge in [-0.3, -0.25) is 14.6 Å². The number of amides is 1. The number of carbonyl (C=O) groups is 2. The second-order valence-electron chi connectivity index (χ2n) is 5.62. The minimum atomic E-state index is -0.197. The summed E-state index contributed by atoms with van der Waals surface area (Å²) in [5.41, 5.74) is 2.21. The zero-order valence-electron chi connectivity index (χ0n) is 13.8. The van der Waals surface area contributed by atoms with Crippen LogP contribution in [0.4, 0.5) is 5.69 Å². The van der Waals surface area contributed by atoms with Gasteiger partial charge in [-0.25, -0.2) is 4.98 Å². The highest BCUT2D eigenvalue weighted by Gasteiger charge is 2.16. The third-order valence-electron chi connectivity index (χ3n) is 3.70. The molecule has 0 aliphatic rings. The molecule has 2 heterocycles. The fraction of sp³-hybridized carbons (Fsp3) is 0.158. The molecule has 6 nitrogen and oxygen atoms in total. The fourth-order valence-electron chi connectivity index (χ4n) is 2.57. The van der Waals surface area contributed by atoms with Gasteiger partial charge in [-0.05, 0) is 36.2 Å². The second-order valence-corrected chi connectivity index (χ2v) is 5.62. The van der Waals surface area contributed by atoms with Crippen LogP contribution in [0.25, 0.3) is 0 Å². The molecule has 0 radical (unpaired) electrons. The third-order valence-corrected chi connectivity index (χ3v) is 3.70. The van der Waals surface area contributed by atoms with Crippen LogP contribution in [0.3, 0.4) is 0 Å². The van der Waals surface area contributed by atoms with Crippen molar-refractivity contribution in [1.29, 1.82) is 0 Å². The molecule has 1 aromatic carbocycles. The molecule has 0 spiro atoms. The Balaban J connectivity index is 1.72. The van der Waals surface area contributed by atoms with Crippen molar-refractivity contribution in [2.24, 2.45) is 0 Å². The van der Waals surface area contributed by atoms with Crippen molar-refractivity contribution in [2.45, 2.75) is 19.9 Å². The average Bonchev–Trinajstić information content (AvgIpc) is 3.08. The lowest BCUT2D eigenvalue weighted by Crippen LogP contribution is -2.13. The summed E-state index contributed by atoms with van der Waals surface area (Å²) >= 11 is 0. The minimum Gasteiger partial charge on any atom is -0.328 e. The van der Waals surface area contributed by atoms with E-state index in [9.17, 15) is 9.59 Å². The largest absolute Gasteiger partial charge is 0.328 e. The first-order valence-corrected chi connectivity index (χ1v) is 7.97. The monoisotopic (exact) mass is 334 g/mol. The van der Waals surface area contributed by atoms with Gasteiger partial charge in [-0.15, -0.1) is 0 Å². The quantitative estimate of drug-likeness (QED) is 0.703. The van der Waals surface area contributed by atoms with E-state index in [1.54, 1.807) is 36.8 Å². The lowest BCUT2D eigenvalue weighted by atomic mass is 10.1. The van der Waals surface area contributed by atoms with Gasteiger partial charge in [0.05, 0.1) is 0 Å². The summed E-state index contributed by atoms with van der Waals surface area (Å²) in [5, 5.41) is 2.77. The molecular weight excluding hydrogens is 316 g/mol. The van der Waals surface area contributed by atoms with Crippen LogP contribution in [-0.4, -0.2) is 26.2 Å². The number of rotatable bonds is 6. The maximum Gasteiger partial charge on any atom is 0.246 e. The van der Waals surface area contributed by atoms with E-state index < -0.39 is 0 Å². The van der Waals surface area contributed by atoms with Gasteiger partial charge in [0, 0.05) is 37.7 Å². The molecule has 0 saturated heterocycles. The molecule has 0 bridgehead atoms. The van der Waals surface area contributed by atoms with Crippen LogP contribution >= 0.6 is 0 Å². The summed E-state index contributed by atoms with van der Waals surface area (Å²) in [6.07, 6.45) is 5.71. The Kier molecular flexibility index (Phi) is 4.99. The Hall–Kier alpha value is -3.28. The van der Waals surface area contributed by atoms with E-state index in [4.69, 9.17) is 0 Å². The normalized spacial score (nSPS) is 10.4. The number of pyridine rings is 1. The molecular formula is C19H18N4O2. The van der Waals surface area contributed by atoms with E-state index in [0.717, 1.165) is 11.3 Å². The molecule has 0 atom stereocenters. The first-order chi connectivity index (χ1) is 12.1. The number of nitrogens with zero attached hydrogens (tertiary/aromatic N) is 3. The van der Waals surface area contributed by atoms with E-state index in [2.05, 4.69) is 15.3 Å². The van der Waals surface area contributed by atoms with Crippen LogP contribution in [0, 0.1) is 0 Å². The number of hydrogen-bond donors (Lipinski definition) is 1. The van der Waals surface area contributed by atoms with Crippen molar-refractivity contribution in [3.8, 4) is 0 Å². The Morgan fingerprint density at radius 1 is 1.08 bits per heavy atom. The zero-order chi connectivity index (χ0) is 17.6. The number of ketones is 1. The van der Waals surface area contributed by atoms with Gasteiger partial charge in [0.1, 0.15) is 5.69 Å². The fourth-order valence-corrected chi connectivity index (χ4v) is 2.57. The van der Waals surface area contributed by atoms with E-state index in [1.807, 2.05) is 28.8 Å². The average molecular weight is 334 g/mol. The molecule has 0 aliphatic carbocycles. The van der Waals surface area contributed by atoms with Gasteiger partial charge < -0.3 is 9.88 Å². The highest BCUT2D eigenvalue weighted by Crippen LogP contribution is 2.13. The van der Waals surface area contributed by atoms with E-state index in [0.29, 0.717) is 24.5 Å². The van der Waals surface area contributed by atoms with Crippen molar-refractivity contribution >= 4 is 17.4 Å². The summed E-state index contributed by atoms with van der Waals surface area (Å²) in [7, 11) is 0. The van der Waals surface area contributed by atoms with Gasteiger partial charge in [0.15, 0.2) is 5.82 Å². The maximum absolute atomic E-state index is 12.5. The lowest BCUT2D eigenvalue weighted by Gasteiger charge is -2.09. The van der Waals surface area contributed by atoms with Gasteiger partial charge >= 0.3 is 0 Å². The number of anilines is 1. The highest BCUT2D eigenvalue weighted by atomic mass is 16.1. The van der Waals surface area contributed by atoms with Crippen molar-refractivity contribution in [3.63, 3.8) is 0 Å². The molecule has 3 aromatic rings. The molecule has 2 aromatic heterocycles. The molecule has 3 rings (SSSR count). The van der Waals surface area contributed by atoms with Crippen molar-refractivity contribution in [3.05, 3.63) is 78.1 Å². The second kappa shape index (κ2) is 7.53. The molecule has 0 aliphatic heterocycles. The number of nitrogens with one attached hydrogen (secondary N) is 1. The standard InChI is InChI=1S/C19H18N4O2/c1-14(24)22-16-6-4-5-15(13-16)8-11-23-12-10-21-19(23)18(25)17-7-2-3-9-20-17/h2-7,9-10,12-13H,8,11H2,1H3,(H,22,24). The summed E-state index contributed by atoms with van der Waals surface area (Å²) in [6.45, 7) is 2.09. The number of aryl methyl sites for hydroxylation is 2. The Bertz CT molecular complexity index is 887. The van der Waals surface area contributed by atoms with Crippen LogP contribution in [0.1, 0.15) is 28.8 Å². The predicted octanol–water partition coefficient (Wildman–Crippen LogP) is 2.71. The van der Waals surface area contributed by atoms with Crippen LogP contribution in [-0.2, 0) is 17.8 Å². The Morgan fingerprint density at radius 3 is 2.72 bits per heavy atom. The zero-order valence-corrected chi connectivity index (χ0v) is 13.8. The van der Waals surface area contributed by atoms with Crippen LogP contribution in [0.15, 0.2) is 61.1 Å². The molecule has 1 N–H and O–H groups in total. The first-order valence-electron chi connectivity index (χ1n) is 7.97. The molecule has 0 saturated carbocycles. The van der Waals surface area contributed by atoms with E-state index in [-0.39, 0.29) is 11.7 Å². The first kappa shape index (κ1) is 16.6. The molecule has 0 unspecified atom stereocenters. The molecule has 6 heteroatoms. The van der Waals surface area contributed by atoms with Crippen LogP contribution in [0.5, 0.6) is 0 Å². The number of hydrogen-bond acceptors (Lipinski definition) is 4. The van der Waals surface area contributed by atoms with Crippen LogP contribution < -0.4 is 5.32 Å². The Labute approximate surface area is 145 Å². The molecule has 0 fully saturated rings. The van der Waals surface area contributed by atoms with Crippen molar-refractivity contribution in [2.75, 3.05) is 5.32 Å². The lowest BCUT2D eigenvalue weighted by molar-refractivity contribution is -0.114. The summed E-state index contributed by atoms with van der Waals surface area (Å²) in [4.78, 5) is 31.9. The number of benzene rings is 1. The van der Waals surface area contributed by atoms with Gasteiger partial charge in [-0.2, -0.15) is 0 Å². The SMILES string of the molecule is CC(=O)Nc1cccc(CCn2ccnc2C(=O)c2ccccn2)c1. The van der Waals surface area contributed by atoms with Crippen molar-refractivity contribution < 1.29 is 9.59 Å². The van der Waals surface area contributed by atoms with E-state index >= 15 is 0 Å². The molecule has 1 amide bonds. The van der Waals surface area contributed by atoms with Gasteiger partial charge in [0.2, 0.25) is 11.7 Å². The number of imidazole rings is 1. The Morgan fingerprint density at radius 2 is 1.96 bits per heavy atom. The smallest absolute Gasteiger partial charge is 0.246 e. The summed E-state index contributed by atoms with van der Waals surface area (Å²) in [6, 6.07) is 12.9. The number of carbonyl (C=O) groups excluding carboxylic acids is 2. The van der Waals surface area contributed by atoms with E-state index in [1.165, 1.54) is 6.92 Å². The van der Waals surface area contributed by atoms with Gasteiger partial charge in [0.25, 0.3) is 0 Å². The molecule has 126 valence electrons. The maximum atomic E-state index is 12.5. The highest BCUT2D eigenvalue weighted by molar-refractivity contribution is 6.05.